The quantitative estimate of drug-likeness (QED) is 0.886. The van der Waals surface area contributed by atoms with Crippen molar-refractivity contribution in [3.63, 3.8) is 0 Å². The molecule has 3 rings (SSSR count). The summed E-state index contributed by atoms with van der Waals surface area (Å²) in [5, 5.41) is 0. The van der Waals surface area contributed by atoms with Crippen molar-refractivity contribution in [3.05, 3.63) is 54.1 Å². The van der Waals surface area contributed by atoms with Gasteiger partial charge >= 0.3 is 0 Å². The Kier molecular flexibility index (Phi) is 4.00. The van der Waals surface area contributed by atoms with E-state index >= 15 is 0 Å². The zero-order valence-corrected chi connectivity index (χ0v) is 12.8. The molecule has 0 saturated heterocycles. The fourth-order valence-corrected chi connectivity index (χ4v) is 2.90. The van der Waals surface area contributed by atoms with Crippen molar-refractivity contribution >= 4 is 23.0 Å². The second-order valence-electron chi connectivity index (χ2n) is 5.65. The van der Waals surface area contributed by atoms with Gasteiger partial charge in [-0.3, -0.25) is 4.79 Å². The van der Waals surface area contributed by atoms with E-state index in [4.69, 9.17) is 5.73 Å². The van der Waals surface area contributed by atoms with Crippen LogP contribution in [0.5, 0.6) is 0 Å². The summed E-state index contributed by atoms with van der Waals surface area (Å²) in [4.78, 5) is 16.7. The first-order chi connectivity index (χ1) is 10.7. The Morgan fingerprint density at radius 3 is 2.50 bits per heavy atom. The monoisotopic (exact) mass is 295 g/mol. The topological polar surface area (TPSA) is 49.6 Å². The molecule has 0 unspecified atom stereocenters. The average molecular weight is 295 g/mol. The lowest BCUT2D eigenvalue weighted by Crippen LogP contribution is -2.42. The first kappa shape index (κ1) is 14.4. The molecule has 0 aromatic heterocycles. The molecule has 2 aromatic rings. The molecule has 0 saturated carbocycles. The first-order valence-electron chi connectivity index (χ1n) is 7.61. The van der Waals surface area contributed by atoms with Gasteiger partial charge in [-0.2, -0.15) is 0 Å². The minimum absolute atomic E-state index is 0.156. The predicted molar refractivity (Wildman–Crippen MR) is 91.2 cm³/mol. The number of para-hydroxylation sites is 3. The van der Waals surface area contributed by atoms with Crippen LogP contribution in [0.1, 0.15) is 12.0 Å². The van der Waals surface area contributed by atoms with Gasteiger partial charge in [0.25, 0.3) is 0 Å². The Morgan fingerprint density at radius 1 is 1.05 bits per heavy atom. The SMILES string of the molecule is CN1CCN(C(=O)CCc2ccccc2N)c2ccccc21. The molecule has 0 spiro atoms. The van der Waals surface area contributed by atoms with Crippen LogP contribution < -0.4 is 15.5 Å². The number of carbonyl (C=O) groups is 1. The van der Waals surface area contributed by atoms with E-state index in [0.29, 0.717) is 12.8 Å². The van der Waals surface area contributed by atoms with Crippen LogP contribution >= 0.6 is 0 Å². The molecule has 2 aromatic carbocycles. The molecular weight excluding hydrogens is 274 g/mol. The van der Waals surface area contributed by atoms with E-state index in [1.807, 2.05) is 47.4 Å². The summed E-state index contributed by atoms with van der Waals surface area (Å²) in [7, 11) is 2.06. The van der Waals surface area contributed by atoms with E-state index in [1.165, 1.54) is 0 Å². The molecule has 0 radical (unpaired) electrons. The van der Waals surface area contributed by atoms with Crippen molar-refractivity contribution in [2.24, 2.45) is 0 Å². The molecule has 114 valence electrons. The highest BCUT2D eigenvalue weighted by Gasteiger charge is 2.24. The minimum atomic E-state index is 0.156. The summed E-state index contributed by atoms with van der Waals surface area (Å²) in [6, 6.07) is 15.8. The molecule has 4 nitrogen and oxygen atoms in total. The van der Waals surface area contributed by atoms with E-state index in [1.54, 1.807) is 0 Å². The number of anilines is 3. The molecular formula is C18H21N3O. The van der Waals surface area contributed by atoms with Gasteiger partial charge in [0.2, 0.25) is 5.91 Å². The molecule has 0 bridgehead atoms. The van der Waals surface area contributed by atoms with Crippen LogP contribution in [0.15, 0.2) is 48.5 Å². The molecule has 2 N–H and O–H groups in total. The maximum atomic E-state index is 12.6. The van der Waals surface area contributed by atoms with Gasteiger partial charge in [0, 0.05) is 32.2 Å². The number of nitrogens with zero attached hydrogens (tertiary/aromatic N) is 2. The number of hydrogen-bond acceptors (Lipinski definition) is 3. The Morgan fingerprint density at radius 2 is 1.73 bits per heavy atom. The summed E-state index contributed by atoms with van der Waals surface area (Å²) in [5.74, 6) is 0.156. The maximum absolute atomic E-state index is 12.6. The molecule has 1 aliphatic rings. The number of nitrogen functional groups attached to an aromatic ring is 1. The predicted octanol–water partition coefficient (Wildman–Crippen LogP) is 2.68. The number of fused-ring (bicyclic) bond motifs is 1. The van der Waals surface area contributed by atoms with E-state index in [2.05, 4.69) is 18.0 Å². The number of hydrogen-bond donors (Lipinski definition) is 1. The van der Waals surface area contributed by atoms with Crippen molar-refractivity contribution in [3.8, 4) is 0 Å². The number of likely N-dealkylation sites (N-methyl/N-ethyl adjacent to an activating group) is 1. The number of amides is 1. The van der Waals surface area contributed by atoms with Crippen LogP contribution in [0, 0.1) is 0 Å². The van der Waals surface area contributed by atoms with E-state index < -0.39 is 0 Å². The van der Waals surface area contributed by atoms with Crippen LogP contribution in [0.2, 0.25) is 0 Å². The third-order valence-corrected chi connectivity index (χ3v) is 4.21. The van der Waals surface area contributed by atoms with Gasteiger partial charge in [-0.1, -0.05) is 30.3 Å². The summed E-state index contributed by atoms with van der Waals surface area (Å²) in [5.41, 5.74) is 9.86. The number of benzene rings is 2. The highest BCUT2D eigenvalue weighted by Crippen LogP contribution is 2.32. The lowest BCUT2D eigenvalue weighted by atomic mass is 10.1. The summed E-state index contributed by atoms with van der Waals surface area (Å²) >= 11 is 0. The van der Waals surface area contributed by atoms with Gasteiger partial charge in [0.15, 0.2) is 0 Å². The van der Waals surface area contributed by atoms with Gasteiger partial charge < -0.3 is 15.5 Å². The second-order valence-corrected chi connectivity index (χ2v) is 5.65. The summed E-state index contributed by atoms with van der Waals surface area (Å²) in [6.45, 7) is 1.59. The highest BCUT2D eigenvalue weighted by molar-refractivity contribution is 5.98. The molecule has 1 aliphatic heterocycles. The van der Waals surface area contributed by atoms with Crippen LogP contribution in [0.25, 0.3) is 0 Å². The molecule has 22 heavy (non-hydrogen) atoms. The van der Waals surface area contributed by atoms with Gasteiger partial charge in [-0.15, -0.1) is 0 Å². The zero-order valence-electron chi connectivity index (χ0n) is 12.8. The van der Waals surface area contributed by atoms with Gasteiger partial charge in [-0.25, -0.2) is 0 Å². The number of rotatable bonds is 3. The fourth-order valence-electron chi connectivity index (χ4n) is 2.90. The van der Waals surface area contributed by atoms with Crippen LogP contribution in [-0.4, -0.2) is 26.0 Å². The lowest BCUT2D eigenvalue weighted by Gasteiger charge is -2.35. The lowest BCUT2D eigenvalue weighted by molar-refractivity contribution is -0.118. The Balaban J connectivity index is 1.74. The number of aryl methyl sites for hydroxylation is 1. The van der Waals surface area contributed by atoms with Crippen molar-refractivity contribution in [2.75, 3.05) is 35.7 Å². The third-order valence-electron chi connectivity index (χ3n) is 4.21. The van der Waals surface area contributed by atoms with Crippen LogP contribution in [0.4, 0.5) is 17.1 Å². The Labute approximate surface area is 131 Å². The van der Waals surface area contributed by atoms with Crippen molar-refractivity contribution in [1.82, 2.24) is 0 Å². The van der Waals surface area contributed by atoms with Gasteiger partial charge in [-0.05, 0) is 30.2 Å². The van der Waals surface area contributed by atoms with Crippen molar-refractivity contribution < 1.29 is 4.79 Å². The van der Waals surface area contributed by atoms with E-state index in [-0.39, 0.29) is 5.91 Å². The van der Waals surface area contributed by atoms with Crippen LogP contribution in [-0.2, 0) is 11.2 Å². The molecule has 4 heteroatoms. The molecule has 1 heterocycles. The maximum Gasteiger partial charge on any atom is 0.227 e. The van der Waals surface area contributed by atoms with E-state index in [0.717, 1.165) is 35.7 Å². The van der Waals surface area contributed by atoms with Crippen molar-refractivity contribution in [2.45, 2.75) is 12.8 Å². The molecule has 0 aliphatic carbocycles. The Bertz CT molecular complexity index is 684. The number of carbonyl (C=O) groups excluding carboxylic acids is 1. The minimum Gasteiger partial charge on any atom is -0.399 e. The molecule has 0 fully saturated rings. The van der Waals surface area contributed by atoms with Gasteiger partial charge in [0.1, 0.15) is 0 Å². The highest BCUT2D eigenvalue weighted by atomic mass is 16.2. The smallest absolute Gasteiger partial charge is 0.227 e. The fraction of sp³-hybridized carbons (Fsp3) is 0.278. The zero-order chi connectivity index (χ0) is 15.5. The largest absolute Gasteiger partial charge is 0.399 e. The summed E-state index contributed by atoms with van der Waals surface area (Å²) in [6.07, 6.45) is 1.16. The standard InChI is InChI=1S/C18H21N3O/c1-20-12-13-21(17-9-5-4-8-16(17)20)18(22)11-10-14-6-2-3-7-15(14)19/h2-9H,10-13,19H2,1H3. The third kappa shape index (κ3) is 2.77. The second kappa shape index (κ2) is 6.10. The Hall–Kier alpha value is -2.49. The number of nitrogens with two attached hydrogens (primary N) is 1. The van der Waals surface area contributed by atoms with E-state index in [9.17, 15) is 4.79 Å². The summed E-state index contributed by atoms with van der Waals surface area (Å²) < 4.78 is 0. The molecule has 0 atom stereocenters. The average Bonchev–Trinajstić information content (AvgIpc) is 2.54. The van der Waals surface area contributed by atoms with Crippen molar-refractivity contribution in [1.29, 1.82) is 0 Å². The normalized spacial score (nSPS) is 13.9. The first-order valence-corrected chi connectivity index (χ1v) is 7.61. The van der Waals surface area contributed by atoms with Crippen LogP contribution in [0.3, 0.4) is 0 Å². The molecule has 1 amide bonds. The van der Waals surface area contributed by atoms with Gasteiger partial charge in [0.05, 0.1) is 11.4 Å².